The van der Waals surface area contributed by atoms with E-state index in [2.05, 4.69) is 12.2 Å². The SMILES string of the molecule is CCCCN(CCO)c1ccc(C(N)=S)c(F)c1F. The van der Waals surface area contributed by atoms with Gasteiger partial charge in [0.05, 0.1) is 12.3 Å². The van der Waals surface area contributed by atoms with Gasteiger partial charge >= 0.3 is 0 Å². The standard InChI is InChI=1S/C13H18F2N2OS/c1-2-3-6-17(7-8-18)10-5-4-9(13(16)19)11(14)12(10)15/h4-5,18H,2-3,6-8H2,1H3,(H2,16,19). The van der Waals surface area contributed by atoms with Crippen molar-refractivity contribution in [1.29, 1.82) is 0 Å². The third kappa shape index (κ3) is 3.84. The summed E-state index contributed by atoms with van der Waals surface area (Å²) < 4.78 is 27.8. The van der Waals surface area contributed by atoms with Crippen LogP contribution in [0.4, 0.5) is 14.5 Å². The van der Waals surface area contributed by atoms with Crippen LogP contribution in [0.15, 0.2) is 12.1 Å². The molecule has 0 fully saturated rings. The Balaban J connectivity index is 3.10. The molecule has 0 aliphatic carbocycles. The molecule has 0 saturated carbocycles. The van der Waals surface area contributed by atoms with Crippen molar-refractivity contribution in [2.75, 3.05) is 24.6 Å². The Bertz CT molecular complexity index is 455. The molecule has 106 valence electrons. The first-order chi connectivity index (χ1) is 9.02. The molecule has 0 heterocycles. The van der Waals surface area contributed by atoms with Crippen LogP contribution in [-0.4, -0.2) is 29.8 Å². The van der Waals surface area contributed by atoms with Gasteiger partial charge in [-0.2, -0.15) is 0 Å². The summed E-state index contributed by atoms with van der Waals surface area (Å²) in [5.41, 5.74) is 5.34. The predicted molar refractivity (Wildman–Crippen MR) is 76.5 cm³/mol. The number of nitrogens with zero attached hydrogens (tertiary/aromatic N) is 1. The van der Waals surface area contributed by atoms with Gasteiger partial charge in [-0.25, -0.2) is 8.78 Å². The van der Waals surface area contributed by atoms with E-state index in [-0.39, 0.29) is 29.4 Å². The number of thiocarbonyl (C=S) groups is 1. The molecular formula is C13H18F2N2OS. The zero-order valence-electron chi connectivity index (χ0n) is 10.8. The molecular weight excluding hydrogens is 270 g/mol. The lowest BCUT2D eigenvalue weighted by molar-refractivity contribution is 0.301. The molecule has 0 spiro atoms. The number of anilines is 1. The molecule has 6 heteroatoms. The summed E-state index contributed by atoms with van der Waals surface area (Å²) in [6.45, 7) is 2.69. The topological polar surface area (TPSA) is 49.5 Å². The van der Waals surface area contributed by atoms with Gasteiger partial charge in [0, 0.05) is 18.7 Å². The van der Waals surface area contributed by atoms with Crippen molar-refractivity contribution >= 4 is 22.9 Å². The summed E-state index contributed by atoms with van der Waals surface area (Å²) in [7, 11) is 0. The number of halogens is 2. The van der Waals surface area contributed by atoms with Crippen LogP contribution in [0, 0.1) is 11.6 Å². The van der Waals surface area contributed by atoms with Gasteiger partial charge in [-0.3, -0.25) is 0 Å². The van der Waals surface area contributed by atoms with Crippen molar-refractivity contribution < 1.29 is 13.9 Å². The maximum atomic E-state index is 14.0. The number of aliphatic hydroxyl groups excluding tert-OH is 1. The Kier molecular flexibility index (Phi) is 6.11. The van der Waals surface area contributed by atoms with Gasteiger partial charge in [0.15, 0.2) is 11.6 Å². The second kappa shape index (κ2) is 7.35. The quantitative estimate of drug-likeness (QED) is 0.755. The smallest absolute Gasteiger partial charge is 0.182 e. The van der Waals surface area contributed by atoms with Crippen molar-refractivity contribution in [3.05, 3.63) is 29.3 Å². The van der Waals surface area contributed by atoms with Crippen LogP contribution < -0.4 is 10.6 Å². The van der Waals surface area contributed by atoms with Crippen LogP contribution in [0.25, 0.3) is 0 Å². The van der Waals surface area contributed by atoms with Gasteiger partial charge < -0.3 is 15.7 Å². The minimum absolute atomic E-state index is 0.101. The second-order valence-electron chi connectivity index (χ2n) is 4.19. The monoisotopic (exact) mass is 288 g/mol. The third-order valence-electron chi connectivity index (χ3n) is 2.82. The first kappa shape index (κ1) is 15.8. The maximum absolute atomic E-state index is 14.0. The fourth-order valence-corrected chi connectivity index (χ4v) is 1.95. The van der Waals surface area contributed by atoms with E-state index >= 15 is 0 Å². The fourth-order valence-electron chi connectivity index (χ4n) is 1.80. The van der Waals surface area contributed by atoms with Crippen LogP contribution >= 0.6 is 12.2 Å². The highest BCUT2D eigenvalue weighted by molar-refractivity contribution is 7.80. The number of aliphatic hydroxyl groups is 1. The molecule has 0 amide bonds. The molecule has 0 atom stereocenters. The number of unbranched alkanes of at least 4 members (excludes halogenated alkanes) is 1. The molecule has 1 aromatic carbocycles. The van der Waals surface area contributed by atoms with Gasteiger partial charge in [0.25, 0.3) is 0 Å². The van der Waals surface area contributed by atoms with E-state index in [4.69, 9.17) is 10.8 Å². The molecule has 3 nitrogen and oxygen atoms in total. The summed E-state index contributed by atoms with van der Waals surface area (Å²) in [6, 6.07) is 2.81. The van der Waals surface area contributed by atoms with E-state index in [1.165, 1.54) is 12.1 Å². The van der Waals surface area contributed by atoms with Gasteiger partial charge in [-0.05, 0) is 18.6 Å². The maximum Gasteiger partial charge on any atom is 0.182 e. The number of hydrogen-bond donors (Lipinski definition) is 2. The van der Waals surface area contributed by atoms with Crippen LogP contribution in [-0.2, 0) is 0 Å². The van der Waals surface area contributed by atoms with Crippen LogP contribution in [0.2, 0.25) is 0 Å². The second-order valence-corrected chi connectivity index (χ2v) is 4.63. The Morgan fingerprint density at radius 1 is 1.32 bits per heavy atom. The highest BCUT2D eigenvalue weighted by Gasteiger charge is 2.18. The lowest BCUT2D eigenvalue weighted by Crippen LogP contribution is -2.29. The fraction of sp³-hybridized carbons (Fsp3) is 0.462. The lowest BCUT2D eigenvalue weighted by atomic mass is 10.1. The Hall–Kier alpha value is -1.27. The first-order valence-corrected chi connectivity index (χ1v) is 6.57. The van der Waals surface area contributed by atoms with E-state index in [9.17, 15) is 8.78 Å². The van der Waals surface area contributed by atoms with Gasteiger partial charge in [-0.15, -0.1) is 0 Å². The molecule has 0 aliphatic heterocycles. The van der Waals surface area contributed by atoms with E-state index in [1.54, 1.807) is 4.90 Å². The minimum Gasteiger partial charge on any atom is -0.395 e. The summed E-state index contributed by atoms with van der Waals surface area (Å²) in [5.74, 6) is -2.01. The highest BCUT2D eigenvalue weighted by Crippen LogP contribution is 2.24. The average Bonchev–Trinajstić information content (AvgIpc) is 2.37. The molecule has 1 aromatic rings. The normalized spacial score (nSPS) is 10.5. The summed E-state index contributed by atoms with van der Waals surface area (Å²) in [5, 5.41) is 9.00. The number of nitrogens with two attached hydrogens (primary N) is 1. The van der Waals surface area contributed by atoms with Crippen molar-refractivity contribution in [3.8, 4) is 0 Å². The van der Waals surface area contributed by atoms with Crippen molar-refractivity contribution in [1.82, 2.24) is 0 Å². The Morgan fingerprint density at radius 3 is 2.53 bits per heavy atom. The Morgan fingerprint density at radius 2 is 2.00 bits per heavy atom. The van der Waals surface area contributed by atoms with Crippen molar-refractivity contribution in [2.24, 2.45) is 5.73 Å². The summed E-state index contributed by atoms with van der Waals surface area (Å²) in [4.78, 5) is 1.44. The zero-order chi connectivity index (χ0) is 14.4. The van der Waals surface area contributed by atoms with Crippen molar-refractivity contribution in [3.63, 3.8) is 0 Å². The summed E-state index contributed by atoms with van der Waals surface area (Å²) >= 11 is 4.66. The van der Waals surface area contributed by atoms with Crippen LogP contribution in [0.1, 0.15) is 25.3 Å². The molecule has 1 rings (SSSR count). The van der Waals surface area contributed by atoms with Crippen LogP contribution in [0.5, 0.6) is 0 Å². The van der Waals surface area contributed by atoms with Gasteiger partial charge in [-0.1, -0.05) is 25.6 Å². The lowest BCUT2D eigenvalue weighted by Gasteiger charge is -2.24. The average molecular weight is 288 g/mol. The molecule has 0 radical (unpaired) electrons. The van der Waals surface area contributed by atoms with Crippen molar-refractivity contribution in [2.45, 2.75) is 19.8 Å². The number of hydrogen-bond acceptors (Lipinski definition) is 3. The molecule has 0 unspecified atom stereocenters. The predicted octanol–water partition coefficient (Wildman–Crippen LogP) is 2.20. The summed E-state index contributed by atoms with van der Waals surface area (Å²) in [6.07, 6.45) is 1.76. The van der Waals surface area contributed by atoms with Crippen LogP contribution in [0.3, 0.4) is 0 Å². The number of benzene rings is 1. The zero-order valence-corrected chi connectivity index (χ0v) is 11.6. The Labute approximate surface area is 117 Å². The third-order valence-corrected chi connectivity index (χ3v) is 3.04. The molecule has 19 heavy (non-hydrogen) atoms. The van der Waals surface area contributed by atoms with Gasteiger partial charge in [0.1, 0.15) is 4.99 Å². The first-order valence-electron chi connectivity index (χ1n) is 6.16. The van der Waals surface area contributed by atoms with E-state index < -0.39 is 11.6 Å². The van der Waals surface area contributed by atoms with E-state index in [1.807, 2.05) is 6.92 Å². The largest absolute Gasteiger partial charge is 0.395 e. The molecule has 0 aromatic heterocycles. The molecule has 3 N–H and O–H groups in total. The molecule has 0 saturated heterocycles. The minimum atomic E-state index is -1.04. The molecule has 0 bridgehead atoms. The number of rotatable bonds is 7. The molecule has 0 aliphatic rings. The van der Waals surface area contributed by atoms with E-state index in [0.29, 0.717) is 6.54 Å². The van der Waals surface area contributed by atoms with Gasteiger partial charge in [0.2, 0.25) is 0 Å². The highest BCUT2D eigenvalue weighted by atomic mass is 32.1. The van der Waals surface area contributed by atoms with E-state index in [0.717, 1.165) is 12.8 Å².